The van der Waals surface area contributed by atoms with Crippen LogP contribution in [0.4, 0.5) is 5.69 Å². The van der Waals surface area contributed by atoms with Crippen LogP contribution in [0.25, 0.3) is 0 Å². The van der Waals surface area contributed by atoms with Crippen molar-refractivity contribution in [3.05, 3.63) is 29.3 Å². The van der Waals surface area contributed by atoms with Crippen molar-refractivity contribution in [1.82, 2.24) is 5.32 Å². The van der Waals surface area contributed by atoms with Gasteiger partial charge in [0.15, 0.2) is 0 Å². The molecule has 1 aliphatic rings. The summed E-state index contributed by atoms with van der Waals surface area (Å²) in [5.41, 5.74) is 3.23. The van der Waals surface area contributed by atoms with Crippen molar-refractivity contribution in [3.8, 4) is 0 Å². The predicted octanol–water partition coefficient (Wildman–Crippen LogP) is 2.98. The zero-order valence-corrected chi connectivity index (χ0v) is 12.2. The van der Waals surface area contributed by atoms with Crippen LogP contribution in [0.5, 0.6) is 0 Å². The van der Waals surface area contributed by atoms with Crippen LogP contribution in [0.3, 0.4) is 0 Å². The average Bonchev–Trinajstić information content (AvgIpc) is 2.89. The van der Waals surface area contributed by atoms with Gasteiger partial charge in [0.1, 0.15) is 0 Å². The molecule has 104 valence electrons. The first-order valence-corrected chi connectivity index (χ1v) is 7.21. The molecule has 3 nitrogen and oxygen atoms in total. The van der Waals surface area contributed by atoms with Gasteiger partial charge < -0.3 is 10.2 Å². The van der Waals surface area contributed by atoms with Gasteiger partial charge >= 0.3 is 0 Å². The number of nitrogens with one attached hydrogen (secondary N) is 1. The fourth-order valence-corrected chi connectivity index (χ4v) is 2.51. The van der Waals surface area contributed by atoms with Crippen molar-refractivity contribution in [2.45, 2.75) is 33.6 Å². The minimum atomic E-state index is 0.0322. The lowest BCUT2D eigenvalue weighted by molar-refractivity contribution is 0.0949. The SMILES string of the molecule is Cc1cc(C(=O)NCC(C)C)ccc1N1CCCC1. The first kappa shape index (κ1) is 13.9. The lowest BCUT2D eigenvalue weighted by Gasteiger charge is -2.20. The maximum Gasteiger partial charge on any atom is 0.251 e. The van der Waals surface area contributed by atoms with Gasteiger partial charge in [-0.2, -0.15) is 0 Å². The van der Waals surface area contributed by atoms with Crippen LogP contribution in [0.1, 0.15) is 42.6 Å². The van der Waals surface area contributed by atoms with E-state index in [4.69, 9.17) is 0 Å². The zero-order valence-electron chi connectivity index (χ0n) is 12.2. The van der Waals surface area contributed by atoms with Crippen molar-refractivity contribution in [3.63, 3.8) is 0 Å². The second kappa shape index (κ2) is 6.09. The summed E-state index contributed by atoms with van der Waals surface area (Å²) in [7, 11) is 0. The quantitative estimate of drug-likeness (QED) is 0.902. The van der Waals surface area contributed by atoms with Gasteiger partial charge in [0.25, 0.3) is 5.91 Å². The van der Waals surface area contributed by atoms with E-state index in [-0.39, 0.29) is 5.91 Å². The second-order valence-corrected chi connectivity index (χ2v) is 5.80. The van der Waals surface area contributed by atoms with Crippen molar-refractivity contribution in [2.24, 2.45) is 5.92 Å². The Morgan fingerprint density at radius 3 is 2.58 bits per heavy atom. The Hall–Kier alpha value is -1.51. The van der Waals surface area contributed by atoms with Crippen LogP contribution < -0.4 is 10.2 Å². The molecule has 0 spiro atoms. The number of rotatable bonds is 4. The lowest BCUT2D eigenvalue weighted by Crippen LogP contribution is -2.27. The van der Waals surface area contributed by atoms with E-state index in [0.717, 1.165) is 25.2 Å². The molecule has 2 rings (SSSR count). The van der Waals surface area contributed by atoms with E-state index in [0.29, 0.717) is 5.92 Å². The topological polar surface area (TPSA) is 32.3 Å². The van der Waals surface area contributed by atoms with Gasteiger partial charge in [-0.1, -0.05) is 13.8 Å². The summed E-state index contributed by atoms with van der Waals surface area (Å²) in [5, 5.41) is 2.96. The van der Waals surface area contributed by atoms with E-state index in [1.54, 1.807) is 0 Å². The van der Waals surface area contributed by atoms with E-state index < -0.39 is 0 Å². The number of aryl methyl sites for hydroxylation is 1. The molecule has 1 N–H and O–H groups in total. The number of benzene rings is 1. The second-order valence-electron chi connectivity index (χ2n) is 5.80. The highest BCUT2D eigenvalue weighted by Gasteiger charge is 2.15. The Balaban J connectivity index is 2.07. The molecule has 1 aromatic rings. The van der Waals surface area contributed by atoms with Gasteiger partial charge in [0.05, 0.1) is 0 Å². The minimum Gasteiger partial charge on any atom is -0.371 e. The highest BCUT2D eigenvalue weighted by molar-refractivity contribution is 5.94. The maximum atomic E-state index is 12.0. The molecule has 1 aromatic carbocycles. The largest absolute Gasteiger partial charge is 0.371 e. The van der Waals surface area contributed by atoms with Crippen LogP contribution in [0.2, 0.25) is 0 Å². The molecule has 1 fully saturated rings. The van der Waals surface area contributed by atoms with E-state index in [2.05, 4.69) is 37.1 Å². The van der Waals surface area contributed by atoms with Crippen LogP contribution in [-0.2, 0) is 0 Å². The molecule has 0 aliphatic carbocycles. The van der Waals surface area contributed by atoms with Crippen molar-refractivity contribution < 1.29 is 4.79 Å². The molecule has 0 bridgehead atoms. The molecule has 0 atom stereocenters. The van der Waals surface area contributed by atoms with Crippen LogP contribution in [0.15, 0.2) is 18.2 Å². The van der Waals surface area contributed by atoms with Gasteiger partial charge in [0, 0.05) is 30.9 Å². The standard InChI is InChI=1S/C16H24N2O/c1-12(2)11-17-16(19)14-6-7-15(13(3)10-14)18-8-4-5-9-18/h6-7,10,12H,4-5,8-9,11H2,1-3H3,(H,17,19). The first-order chi connectivity index (χ1) is 9.08. The number of nitrogens with zero attached hydrogens (tertiary/aromatic N) is 1. The average molecular weight is 260 g/mol. The lowest BCUT2D eigenvalue weighted by atomic mass is 10.1. The van der Waals surface area contributed by atoms with E-state index >= 15 is 0 Å². The van der Waals surface area contributed by atoms with Gasteiger partial charge in [-0.15, -0.1) is 0 Å². The van der Waals surface area contributed by atoms with E-state index in [1.165, 1.54) is 24.1 Å². The number of hydrogen-bond donors (Lipinski definition) is 1. The molecule has 0 unspecified atom stereocenters. The molecule has 3 heteroatoms. The minimum absolute atomic E-state index is 0.0322. The molecule has 1 saturated heterocycles. The molecule has 0 saturated carbocycles. The molecule has 1 heterocycles. The predicted molar refractivity (Wildman–Crippen MR) is 79.8 cm³/mol. The first-order valence-electron chi connectivity index (χ1n) is 7.21. The number of hydrogen-bond acceptors (Lipinski definition) is 2. The third-order valence-corrected chi connectivity index (χ3v) is 3.58. The highest BCUT2D eigenvalue weighted by Crippen LogP contribution is 2.24. The fourth-order valence-electron chi connectivity index (χ4n) is 2.51. The summed E-state index contributed by atoms with van der Waals surface area (Å²) >= 11 is 0. The molecule has 0 aromatic heterocycles. The van der Waals surface area contributed by atoms with E-state index in [1.807, 2.05) is 12.1 Å². The van der Waals surface area contributed by atoms with Gasteiger partial charge in [-0.05, 0) is 49.4 Å². The summed E-state index contributed by atoms with van der Waals surface area (Å²) in [6.45, 7) is 9.29. The zero-order chi connectivity index (χ0) is 13.8. The number of carbonyl (C=O) groups is 1. The Kier molecular flexibility index (Phi) is 4.46. The summed E-state index contributed by atoms with van der Waals surface area (Å²) < 4.78 is 0. The Labute approximate surface area is 116 Å². The molecule has 19 heavy (non-hydrogen) atoms. The smallest absolute Gasteiger partial charge is 0.251 e. The molecular weight excluding hydrogens is 236 g/mol. The normalized spacial score (nSPS) is 15.1. The third kappa shape index (κ3) is 3.49. The Morgan fingerprint density at radius 1 is 1.32 bits per heavy atom. The highest BCUT2D eigenvalue weighted by atomic mass is 16.1. The van der Waals surface area contributed by atoms with Crippen molar-refractivity contribution >= 4 is 11.6 Å². The molecule has 0 radical (unpaired) electrons. The third-order valence-electron chi connectivity index (χ3n) is 3.58. The maximum absolute atomic E-state index is 12.0. The molecule has 1 amide bonds. The van der Waals surface area contributed by atoms with Crippen molar-refractivity contribution in [2.75, 3.05) is 24.5 Å². The van der Waals surface area contributed by atoms with Crippen LogP contribution in [0, 0.1) is 12.8 Å². The van der Waals surface area contributed by atoms with Crippen molar-refractivity contribution in [1.29, 1.82) is 0 Å². The molecule has 1 aliphatic heterocycles. The molecular formula is C16H24N2O. The fraction of sp³-hybridized carbons (Fsp3) is 0.562. The summed E-state index contributed by atoms with van der Waals surface area (Å²) in [6, 6.07) is 6.03. The summed E-state index contributed by atoms with van der Waals surface area (Å²) in [5.74, 6) is 0.513. The van der Waals surface area contributed by atoms with Crippen LogP contribution >= 0.6 is 0 Å². The Bertz CT molecular complexity index is 448. The van der Waals surface area contributed by atoms with Gasteiger partial charge in [-0.25, -0.2) is 0 Å². The number of carbonyl (C=O) groups excluding carboxylic acids is 1. The number of amides is 1. The van der Waals surface area contributed by atoms with Crippen LogP contribution in [-0.4, -0.2) is 25.5 Å². The van der Waals surface area contributed by atoms with E-state index in [9.17, 15) is 4.79 Å². The summed E-state index contributed by atoms with van der Waals surface area (Å²) in [6.07, 6.45) is 2.55. The Morgan fingerprint density at radius 2 is 2.00 bits per heavy atom. The summed E-state index contributed by atoms with van der Waals surface area (Å²) in [4.78, 5) is 14.4. The monoisotopic (exact) mass is 260 g/mol. The van der Waals surface area contributed by atoms with Gasteiger partial charge in [0.2, 0.25) is 0 Å². The number of anilines is 1. The van der Waals surface area contributed by atoms with Gasteiger partial charge in [-0.3, -0.25) is 4.79 Å².